The Balaban J connectivity index is 2.20. The third-order valence-corrected chi connectivity index (χ3v) is 7.45. The van der Waals surface area contributed by atoms with Crippen LogP contribution in [0.2, 0.25) is 5.02 Å². The summed E-state index contributed by atoms with van der Waals surface area (Å²) >= 11 is 6.01. The maximum absolute atomic E-state index is 13.4. The molecule has 2 aromatic rings. The first kappa shape index (κ1) is 30.4. The summed E-state index contributed by atoms with van der Waals surface area (Å²) in [6, 6.07) is 13.3. The Morgan fingerprint density at radius 1 is 1.05 bits per heavy atom. The van der Waals surface area contributed by atoms with Gasteiger partial charge in [0, 0.05) is 30.6 Å². The number of anilines is 1. The number of para-hydroxylation sites is 2. The Bertz CT molecular complexity index is 1140. The lowest BCUT2D eigenvalue weighted by Gasteiger charge is -2.30. The van der Waals surface area contributed by atoms with Gasteiger partial charge in [0.05, 0.1) is 18.6 Å². The molecular weight excluding hydrogens is 514 g/mol. The first-order valence-corrected chi connectivity index (χ1v) is 14.7. The van der Waals surface area contributed by atoms with Crippen LogP contribution in [0.5, 0.6) is 5.75 Å². The van der Waals surface area contributed by atoms with Gasteiger partial charge >= 0.3 is 0 Å². The summed E-state index contributed by atoms with van der Waals surface area (Å²) in [5.41, 5.74) is 1.27. The number of carbonyl (C=O) groups is 2. The molecule has 2 aromatic carbocycles. The number of amides is 2. The Kier molecular flexibility index (Phi) is 11.7. The molecule has 37 heavy (non-hydrogen) atoms. The number of hydrogen-bond donors (Lipinski definition) is 1. The van der Waals surface area contributed by atoms with Crippen molar-refractivity contribution in [3.8, 4) is 5.75 Å². The molecule has 10 heteroatoms. The molecule has 2 amide bonds. The minimum Gasteiger partial charge on any atom is -0.492 e. The first-order chi connectivity index (χ1) is 17.5. The second kappa shape index (κ2) is 14.2. The summed E-state index contributed by atoms with van der Waals surface area (Å²) in [5, 5.41) is 3.52. The third-order valence-electron chi connectivity index (χ3n) is 6.02. The van der Waals surface area contributed by atoms with Crippen molar-refractivity contribution in [2.45, 2.75) is 65.6 Å². The van der Waals surface area contributed by atoms with Crippen LogP contribution in [0, 0.1) is 0 Å². The number of sulfonamides is 1. The van der Waals surface area contributed by atoms with E-state index in [9.17, 15) is 18.0 Å². The minimum absolute atomic E-state index is 0.0174. The van der Waals surface area contributed by atoms with Gasteiger partial charge in [-0.1, -0.05) is 42.8 Å². The van der Waals surface area contributed by atoms with Crippen molar-refractivity contribution in [1.82, 2.24) is 10.2 Å². The molecule has 2 atom stereocenters. The lowest BCUT2D eigenvalue weighted by Crippen LogP contribution is -2.49. The Labute approximate surface area is 226 Å². The largest absolute Gasteiger partial charge is 0.492 e. The monoisotopic (exact) mass is 551 g/mol. The predicted octanol–water partition coefficient (Wildman–Crippen LogP) is 4.62. The fourth-order valence-electron chi connectivity index (χ4n) is 3.76. The number of halogens is 1. The van der Waals surface area contributed by atoms with Crippen molar-refractivity contribution in [2.24, 2.45) is 0 Å². The highest BCUT2D eigenvalue weighted by atomic mass is 35.5. The Hall–Kier alpha value is -2.78. The van der Waals surface area contributed by atoms with Crippen molar-refractivity contribution >= 4 is 39.1 Å². The molecule has 8 nitrogen and oxygen atoms in total. The molecule has 0 radical (unpaired) electrons. The van der Waals surface area contributed by atoms with E-state index in [1.54, 1.807) is 43.3 Å². The minimum atomic E-state index is -3.62. The predicted molar refractivity (Wildman–Crippen MR) is 148 cm³/mol. The number of nitrogens with zero attached hydrogens (tertiary/aromatic N) is 2. The molecule has 0 saturated carbocycles. The molecule has 0 aliphatic carbocycles. The molecule has 204 valence electrons. The molecule has 2 rings (SSSR count). The summed E-state index contributed by atoms with van der Waals surface area (Å²) in [5.74, 6) is -0.0187. The summed E-state index contributed by atoms with van der Waals surface area (Å²) in [6.07, 6.45) is 2.24. The fraction of sp³-hybridized carbons (Fsp3) is 0.481. The quantitative estimate of drug-likeness (QED) is 0.370. The highest BCUT2D eigenvalue weighted by Crippen LogP contribution is 2.30. The molecular formula is C27H38ClN3O5S. The van der Waals surface area contributed by atoms with Crippen molar-refractivity contribution in [2.75, 3.05) is 23.7 Å². The van der Waals surface area contributed by atoms with Crippen molar-refractivity contribution in [3.63, 3.8) is 0 Å². The molecule has 0 heterocycles. The van der Waals surface area contributed by atoms with E-state index >= 15 is 0 Å². The van der Waals surface area contributed by atoms with E-state index in [-0.39, 0.29) is 43.8 Å². The first-order valence-electron chi connectivity index (χ1n) is 12.5. The van der Waals surface area contributed by atoms with Gasteiger partial charge in [-0.15, -0.1) is 0 Å². The van der Waals surface area contributed by atoms with Crippen LogP contribution in [0.1, 0.15) is 52.5 Å². The Morgan fingerprint density at radius 2 is 1.70 bits per heavy atom. The van der Waals surface area contributed by atoms with Crippen molar-refractivity contribution in [1.29, 1.82) is 0 Å². The highest BCUT2D eigenvalue weighted by molar-refractivity contribution is 7.92. The number of hydrogen-bond acceptors (Lipinski definition) is 5. The third kappa shape index (κ3) is 9.23. The van der Waals surface area contributed by atoms with Gasteiger partial charge in [0.2, 0.25) is 21.8 Å². The zero-order valence-corrected chi connectivity index (χ0v) is 23.8. The van der Waals surface area contributed by atoms with Crippen LogP contribution in [0.25, 0.3) is 0 Å². The van der Waals surface area contributed by atoms with Crippen molar-refractivity contribution < 1.29 is 22.7 Å². The molecule has 0 aliphatic rings. The summed E-state index contributed by atoms with van der Waals surface area (Å²) in [4.78, 5) is 27.8. The number of benzene rings is 2. The van der Waals surface area contributed by atoms with E-state index in [1.165, 1.54) is 9.21 Å². The van der Waals surface area contributed by atoms with Gasteiger partial charge in [-0.25, -0.2) is 8.42 Å². The summed E-state index contributed by atoms with van der Waals surface area (Å²) < 4.78 is 32.1. The standard InChI is InChI=1S/C27H38ClN3O5S/c1-6-20(3)29-27(33)21(4)30(19-22-14-16-23(28)17-15-22)26(32)13-10-18-31(37(5,34)35)24-11-8-9-12-25(24)36-7-2/h8-9,11-12,14-17,20-21H,6-7,10,13,18-19H2,1-5H3,(H,29,33). The fourth-order valence-corrected chi connectivity index (χ4v) is 4.85. The number of carbonyl (C=O) groups excluding carboxylic acids is 2. The van der Waals surface area contributed by atoms with E-state index in [1.807, 2.05) is 32.9 Å². The van der Waals surface area contributed by atoms with E-state index in [4.69, 9.17) is 16.3 Å². The summed E-state index contributed by atoms with van der Waals surface area (Å²) in [6.45, 7) is 8.13. The number of rotatable bonds is 14. The molecule has 1 N–H and O–H groups in total. The van der Waals surface area contributed by atoms with Gasteiger partial charge in [0.1, 0.15) is 11.8 Å². The van der Waals surface area contributed by atoms with Crippen molar-refractivity contribution in [3.05, 3.63) is 59.1 Å². The molecule has 0 bridgehead atoms. The lowest BCUT2D eigenvalue weighted by molar-refractivity contribution is -0.140. The van der Waals surface area contributed by atoms with Gasteiger partial charge in [-0.2, -0.15) is 0 Å². The lowest BCUT2D eigenvalue weighted by atomic mass is 10.1. The second-order valence-electron chi connectivity index (χ2n) is 8.98. The van der Waals surface area contributed by atoms with Crippen LogP contribution in [-0.4, -0.2) is 56.6 Å². The van der Waals surface area contributed by atoms with Crippen LogP contribution in [0.15, 0.2) is 48.5 Å². The van der Waals surface area contributed by atoms with E-state index in [0.717, 1.165) is 18.2 Å². The molecule has 0 aliphatic heterocycles. The average Bonchev–Trinajstić information content (AvgIpc) is 2.85. The molecule has 0 aromatic heterocycles. The summed E-state index contributed by atoms with van der Waals surface area (Å²) in [7, 11) is -3.62. The Morgan fingerprint density at radius 3 is 2.30 bits per heavy atom. The SMILES string of the molecule is CCOc1ccccc1N(CCCC(=O)N(Cc1ccc(Cl)cc1)C(C)C(=O)NC(C)CC)S(C)(=O)=O. The van der Waals surface area contributed by atoms with E-state index < -0.39 is 16.1 Å². The zero-order valence-electron chi connectivity index (χ0n) is 22.2. The number of nitrogens with one attached hydrogen (secondary N) is 1. The maximum atomic E-state index is 13.4. The molecule has 0 fully saturated rings. The van der Waals surface area contributed by atoms with Crippen LogP contribution >= 0.6 is 11.6 Å². The molecule has 0 spiro atoms. The smallest absolute Gasteiger partial charge is 0.242 e. The van der Waals surface area contributed by atoms with Gasteiger partial charge in [-0.05, 0) is 63.4 Å². The molecule has 0 saturated heterocycles. The van der Waals surface area contributed by atoms with Crippen LogP contribution in [0.4, 0.5) is 5.69 Å². The number of ether oxygens (including phenoxy) is 1. The van der Waals surface area contributed by atoms with Crippen LogP contribution in [-0.2, 0) is 26.2 Å². The van der Waals surface area contributed by atoms with Crippen LogP contribution in [0.3, 0.4) is 0 Å². The molecule has 2 unspecified atom stereocenters. The van der Waals surface area contributed by atoms with Gasteiger partial charge in [0.15, 0.2) is 0 Å². The van der Waals surface area contributed by atoms with Gasteiger partial charge in [-0.3, -0.25) is 13.9 Å². The maximum Gasteiger partial charge on any atom is 0.242 e. The van der Waals surface area contributed by atoms with Gasteiger partial charge < -0.3 is 15.0 Å². The topological polar surface area (TPSA) is 96.0 Å². The van der Waals surface area contributed by atoms with Crippen LogP contribution < -0.4 is 14.4 Å². The van der Waals surface area contributed by atoms with E-state index in [0.29, 0.717) is 23.1 Å². The van der Waals surface area contributed by atoms with E-state index in [2.05, 4.69) is 5.32 Å². The normalized spacial score (nSPS) is 12.9. The average molecular weight is 552 g/mol. The van der Waals surface area contributed by atoms with Gasteiger partial charge in [0.25, 0.3) is 0 Å². The second-order valence-corrected chi connectivity index (χ2v) is 11.3. The highest BCUT2D eigenvalue weighted by Gasteiger charge is 2.27. The zero-order chi connectivity index (χ0) is 27.6.